The molecule has 0 aliphatic carbocycles. The van der Waals surface area contributed by atoms with Crippen molar-refractivity contribution >= 4 is 28.7 Å². The second-order valence-electron chi connectivity index (χ2n) is 7.27. The summed E-state index contributed by atoms with van der Waals surface area (Å²) in [6.07, 6.45) is 1.58. The summed E-state index contributed by atoms with van der Waals surface area (Å²) in [5.41, 5.74) is 11.7. The van der Waals surface area contributed by atoms with Crippen LogP contribution in [0.4, 0.5) is 28.7 Å². The predicted octanol–water partition coefficient (Wildman–Crippen LogP) is 3.75. The highest BCUT2D eigenvalue weighted by Crippen LogP contribution is 2.30. The first kappa shape index (κ1) is 18.1. The molecule has 1 aromatic heterocycles. The number of para-hydroxylation sites is 1. The third-order valence-electron chi connectivity index (χ3n) is 5.05. The van der Waals surface area contributed by atoms with Gasteiger partial charge in [0.2, 0.25) is 0 Å². The summed E-state index contributed by atoms with van der Waals surface area (Å²) in [4.78, 5) is 13.5. The lowest BCUT2D eigenvalue weighted by Gasteiger charge is -2.37. The summed E-state index contributed by atoms with van der Waals surface area (Å²) < 4.78 is 0. The van der Waals surface area contributed by atoms with E-state index in [0.29, 0.717) is 11.5 Å². The molecule has 1 fully saturated rings. The van der Waals surface area contributed by atoms with Gasteiger partial charge < -0.3 is 20.9 Å². The SMILES string of the molecule is Cc1cc(C)cc(Nc2ncnc(N3CCN(c4ccccc4)CC3)c2N)c1. The third-order valence-corrected chi connectivity index (χ3v) is 5.05. The number of piperazine rings is 1. The third kappa shape index (κ3) is 3.86. The van der Waals surface area contributed by atoms with Crippen LogP contribution < -0.4 is 20.9 Å². The number of nitrogens with two attached hydrogens (primary N) is 1. The molecule has 2 aromatic carbocycles. The van der Waals surface area contributed by atoms with Crippen LogP contribution in [0.2, 0.25) is 0 Å². The van der Waals surface area contributed by atoms with Crippen molar-refractivity contribution in [3.8, 4) is 0 Å². The minimum absolute atomic E-state index is 0.592. The van der Waals surface area contributed by atoms with Gasteiger partial charge in [0.15, 0.2) is 11.6 Å². The van der Waals surface area contributed by atoms with Gasteiger partial charge in [0.1, 0.15) is 12.0 Å². The van der Waals surface area contributed by atoms with Crippen LogP contribution >= 0.6 is 0 Å². The topological polar surface area (TPSA) is 70.3 Å². The Morgan fingerprint density at radius 1 is 0.857 bits per heavy atom. The second-order valence-corrected chi connectivity index (χ2v) is 7.27. The van der Waals surface area contributed by atoms with E-state index < -0.39 is 0 Å². The quantitative estimate of drug-likeness (QED) is 0.725. The lowest BCUT2D eigenvalue weighted by atomic mass is 10.1. The number of rotatable bonds is 4. The molecule has 0 unspecified atom stereocenters. The first-order chi connectivity index (χ1) is 13.6. The summed E-state index contributed by atoms with van der Waals surface area (Å²) in [5, 5.41) is 3.35. The Balaban J connectivity index is 1.49. The van der Waals surface area contributed by atoms with Gasteiger partial charge in [-0.3, -0.25) is 0 Å². The van der Waals surface area contributed by atoms with Crippen LogP contribution in [0.25, 0.3) is 0 Å². The molecule has 0 spiro atoms. The van der Waals surface area contributed by atoms with Gasteiger partial charge in [0.05, 0.1) is 0 Å². The Labute approximate surface area is 166 Å². The van der Waals surface area contributed by atoms with Gasteiger partial charge in [-0.05, 0) is 49.2 Å². The van der Waals surface area contributed by atoms with Crippen molar-refractivity contribution < 1.29 is 0 Å². The van der Waals surface area contributed by atoms with Gasteiger partial charge in [-0.25, -0.2) is 9.97 Å². The van der Waals surface area contributed by atoms with Crippen LogP contribution in [-0.2, 0) is 0 Å². The van der Waals surface area contributed by atoms with E-state index in [1.54, 1.807) is 6.33 Å². The number of nitrogens with one attached hydrogen (secondary N) is 1. The maximum Gasteiger partial charge on any atom is 0.159 e. The van der Waals surface area contributed by atoms with Crippen molar-refractivity contribution in [2.75, 3.05) is 47.0 Å². The number of nitrogens with zero attached hydrogens (tertiary/aromatic N) is 4. The van der Waals surface area contributed by atoms with Gasteiger partial charge in [-0.15, -0.1) is 0 Å². The summed E-state index contributed by atoms with van der Waals surface area (Å²) in [5.74, 6) is 1.45. The largest absolute Gasteiger partial charge is 0.393 e. The van der Waals surface area contributed by atoms with Crippen molar-refractivity contribution in [3.63, 3.8) is 0 Å². The highest BCUT2D eigenvalue weighted by atomic mass is 15.3. The molecule has 0 saturated carbocycles. The average molecular weight is 374 g/mol. The summed E-state index contributed by atoms with van der Waals surface area (Å²) in [6.45, 7) is 7.79. The van der Waals surface area contributed by atoms with Crippen LogP contribution in [0, 0.1) is 13.8 Å². The molecule has 2 heterocycles. The molecule has 0 amide bonds. The van der Waals surface area contributed by atoms with Crippen molar-refractivity contribution in [2.45, 2.75) is 13.8 Å². The normalized spacial score (nSPS) is 14.2. The zero-order valence-electron chi connectivity index (χ0n) is 16.4. The molecule has 4 rings (SSSR count). The second kappa shape index (κ2) is 7.76. The Kier molecular flexibility index (Phi) is 5.02. The van der Waals surface area contributed by atoms with Gasteiger partial charge in [-0.2, -0.15) is 0 Å². The van der Waals surface area contributed by atoms with Crippen LogP contribution in [-0.4, -0.2) is 36.1 Å². The number of anilines is 5. The number of hydrogen-bond acceptors (Lipinski definition) is 6. The van der Waals surface area contributed by atoms with E-state index in [-0.39, 0.29) is 0 Å². The van der Waals surface area contributed by atoms with Crippen LogP contribution in [0.15, 0.2) is 54.9 Å². The van der Waals surface area contributed by atoms with Crippen molar-refractivity contribution in [1.29, 1.82) is 0 Å². The molecule has 28 heavy (non-hydrogen) atoms. The highest BCUT2D eigenvalue weighted by molar-refractivity contribution is 5.78. The van der Waals surface area contributed by atoms with Crippen molar-refractivity contribution in [3.05, 3.63) is 66.0 Å². The van der Waals surface area contributed by atoms with Crippen LogP contribution in [0.5, 0.6) is 0 Å². The number of aryl methyl sites for hydroxylation is 2. The predicted molar refractivity (Wildman–Crippen MR) is 117 cm³/mol. The van der Waals surface area contributed by atoms with Gasteiger partial charge >= 0.3 is 0 Å². The minimum atomic E-state index is 0.592. The molecule has 0 bridgehead atoms. The minimum Gasteiger partial charge on any atom is -0.393 e. The maximum atomic E-state index is 6.44. The molecule has 0 radical (unpaired) electrons. The summed E-state index contributed by atoms with van der Waals surface area (Å²) in [6, 6.07) is 16.8. The lowest BCUT2D eigenvalue weighted by Crippen LogP contribution is -2.47. The van der Waals surface area contributed by atoms with Crippen LogP contribution in [0.1, 0.15) is 11.1 Å². The molecule has 144 valence electrons. The molecular formula is C22H26N6. The van der Waals surface area contributed by atoms with E-state index in [4.69, 9.17) is 5.73 Å². The van der Waals surface area contributed by atoms with Crippen molar-refractivity contribution in [1.82, 2.24) is 9.97 Å². The van der Waals surface area contributed by atoms with E-state index in [2.05, 4.69) is 81.4 Å². The zero-order chi connectivity index (χ0) is 19.5. The van der Waals surface area contributed by atoms with E-state index in [1.807, 2.05) is 6.07 Å². The standard InChI is InChI=1S/C22H26N6/c1-16-12-17(2)14-18(13-16)26-21-20(23)22(25-15-24-21)28-10-8-27(9-11-28)19-6-4-3-5-7-19/h3-7,12-15H,8-11,23H2,1-2H3,(H,24,25,26). The van der Waals surface area contributed by atoms with Gasteiger partial charge in [0, 0.05) is 37.6 Å². The Morgan fingerprint density at radius 2 is 1.50 bits per heavy atom. The number of nitrogen functional groups attached to an aromatic ring is 1. The average Bonchev–Trinajstić information content (AvgIpc) is 2.70. The first-order valence-electron chi connectivity index (χ1n) is 9.61. The molecular weight excluding hydrogens is 348 g/mol. The Morgan fingerprint density at radius 3 is 2.18 bits per heavy atom. The molecule has 0 atom stereocenters. The van der Waals surface area contributed by atoms with E-state index >= 15 is 0 Å². The smallest absolute Gasteiger partial charge is 0.159 e. The monoisotopic (exact) mass is 374 g/mol. The summed E-state index contributed by atoms with van der Waals surface area (Å²) >= 11 is 0. The van der Waals surface area contributed by atoms with E-state index in [0.717, 1.165) is 37.7 Å². The lowest BCUT2D eigenvalue weighted by molar-refractivity contribution is 0.647. The number of hydrogen-bond donors (Lipinski definition) is 2. The van der Waals surface area contributed by atoms with Gasteiger partial charge in [-0.1, -0.05) is 24.3 Å². The number of benzene rings is 2. The van der Waals surface area contributed by atoms with Gasteiger partial charge in [0.25, 0.3) is 0 Å². The van der Waals surface area contributed by atoms with Crippen LogP contribution in [0.3, 0.4) is 0 Å². The number of aromatic nitrogens is 2. The molecule has 6 heteroatoms. The molecule has 6 nitrogen and oxygen atoms in total. The van der Waals surface area contributed by atoms with E-state index in [9.17, 15) is 0 Å². The fourth-order valence-corrected chi connectivity index (χ4v) is 3.74. The Bertz CT molecular complexity index is 928. The molecule has 1 aliphatic rings. The van der Waals surface area contributed by atoms with Crippen molar-refractivity contribution in [2.24, 2.45) is 0 Å². The fraction of sp³-hybridized carbons (Fsp3) is 0.273. The maximum absolute atomic E-state index is 6.44. The fourth-order valence-electron chi connectivity index (χ4n) is 3.74. The molecule has 3 N–H and O–H groups in total. The van der Waals surface area contributed by atoms with E-state index in [1.165, 1.54) is 16.8 Å². The zero-order valence-corrected chi connectivity index (χ0v) is 16.4. The Hall–Kier alpha value is -3.28. The molecule has 1 saturated heterocycles. The highest BCUT2D eigenvalue weighted by Gasteiger charge is 2.21. The molecule has 3 aromatic rings. The first-order valence-corrected chi connectivity index (χ1v) is 9.61. The summed E-state index contributed by atoms with van der Waals surface area (Å²) in [7, 11) is 0. The molecule has 1 aliphatic heterocycles.